The summed E-state index contributed by atoms with van der Waals surface area (Å²) in [6, 6.07) is 18.3. The number of aryl methyl sites for hydroxylation is 1. The van der Waals surface area contributed by atoms with Crippen LogP contribution in [0.15, 0.2) is 78.5 Å². The van der Waals surface area contributed by atoms with Crippen molar-refractivity contribution >= 4 is 22.8 Å². The van der Waals surface area contributed by atoms with Gasteiger partial charge in [-0.3, -0.25) is 4.79 Å². The molecule has 6 heteroatoms. The summed E-state index contributed by atoms with van der Waals surface area (Å²) in [6.07, 6.45) is 6.18. The van der Waals surface area contributed by atoms with Gasteiger partial charge in [-0.2, -0.15) is 0 Å². The minimum atomic E-state index is -0.409. The normalized spacial score (nSPS) is 21.3. The maximum Gasteiger partial charge on any atom is 0.330 e. The van der Waals surface area contributed by atoms with Crippen molar-refractivity contribution in [2.45, 2.75) is 30.8 Å². The average Bonchev–Trinajstić information content (AvgIpc) is 3.17. The van der Waals surface area contributed by atoms with E-state index in [4.69, 9.17) is 9.47 Å². The zero-order chi connectivity index (χ0) is 23.8. The Labute approximate surface area is 199 Å². The number of allylic oxidation sites excluding steroid dienone is 2. The molecule has 2 heterocycles. The fourth-order valence-corrected chi connectivity index (χ4v) is 5.62. The Morgan fingerprint density at radius 2 is 1.76 bits per heavy atom. The van der Waals surface area contributed by atoms with Crippen LogP contribution in [0.25, 0.3) is 10.9 Å². The second-order valence-corrected chi connectivity index (χ2v) is 8.88. The lowest BCUT2D eigenvalue weighted by Crippen LogP contribution is -2.46. The van der Waals surface area contributed by atoms with Gasteiger partial charge in [0.05, 0.1) is 14.2 Å². The molecular formula is C28H28N2O4. The van der Waals surface area contributed by atoms with Gasteiger partial charge in [-0.05, 0) is 35.3 Å². The fourth-order valence-electron chi connectivity index (χ4n) is 5.62. The molecule has 6 nitrogen and oxygen atoms in total. The topological polar surface area (TPSA) is 60.8 Å². The second kappa shape index (κ2) is 8.86. The molecule has 0 saturated carbocycles. The maximum absolute atomic E-state index is 13.3. The first kappa shape index (κ1) is 22.0. The fraction of sp³-hybridized carbons (Fsp3) is 0.286. The van der Waals surface area contributed by atoms with Crippen molar-refractivity contribution < 1.29 is 19.1 Å². The van der Waals surface area contributed by atoms with Crippen molar-refractivity contribution in [3.63, 3.8) is 0 Å². The Morgan fingerprint density at radius 3 is 2.50 bits per heavy atom. The first-order valence-electron chi connectivity index (χ1n) is 11.5. The third-order valence-corrected chi connectivity index (χ3v) is 7.12. The zero-order valence-electron chi connectivity index (χ0n) is 19.6. The third-order valence-electron chi connectivity index (χ3n) is 7.12. The molecule has 2 aliphatic rings. The molecule has 3 aromatic rings. The molecule has 174 valence electrons. The van der Waals surface area contributed by atoms with Crippen LogP contribution in [-0.4, -0.2) is 41.7 Å². The highest BCUT2D eigenvalue weighted by molar-refractivity contribution is 5.93. The average molecular weight is 457 g/mol. The van der Waals surface area contributed by atoms with Gasteiger partial charge in [-0.15, -0.1) is 0 Å². The molecule has 34 heavy (non-hydrogen) atoms. The van der Waals surface area contributed by atoms with E-state index in [0.717, 1.165) is 39.7 Å². The lowest BCUT2D eigenvalue weighted by molar-refractivity contribution is -0.144. The van der Waals surface area contributed by atoms with Gasteiger partial charge in [0.2, 0.25) is 0 Å². The summed E-state index contributed by atoms with van der Waals surface area (Å²) in [5, 5.41) is 1.07. The number of fused-ring (bicyclic) bond motifs is 6. The summed E-state index contributed by atoms with van der Waals surface area (Å²) >= 11 is 0. The van der Waals surface area contributed by atoms with Crippen LogP contribution in [0.5, 0.6) is 0 Å². The SMILES string of the molecule is COC(=O)/C=C/C1=CN(Cc2ccccc2)[C@@H]2C[C@H]1c1c(c3ccccc3n1C)[C@@H]2C(=O)OC. The van der Waals surface area contributed by atoms with Crippen molar-refractivity contribution in [1.82, 2.24) is 9.47 Å². The van der Waals surface area contributed by atoms with E-state index in [1.54, 1.807) is 0 Å². The first-order valence-corrected chi connectivity index (χ1v) is 11.5. The van der Waals surface area contributed by atoms with Crippen LogP contribution in [0.2, 0.25) is 0 Å². The Bertz CT molecular complexity index is 1300. The summed E-state index contributed by atoms with van der Waals surface area (Å²) in [5.74, 6) is -0.973. The molecule has 3 atom stereocenters. The van der Waals surface area contributed by atoms with Crippen molar-refractivity contribution in [1.29, 1.82) is 0 Å². The molecule has 0 spiro atoms. The minimum Gasteiger partial charge on any atom is -0.468 e. The Hall–Kier alpha value is -3.80. The van der Waals surface area contributed by atoms with Gasteiger partial charge in [0.25, 0.3) is 0 Å². The summed E-state index contributed by atoms with van der Waals surface area (Å²) in [7, 11) is 4.89. The summed E-state index contributed by atoms with van der Waals surface area (Å²) in [4.78, 5) is 27.4. The molecule has 0 N–H and O–H groups in total. The molecular weight excluding hydrogens is 428 g/mol. The van der Waals surface area contributed by atoms with Gasteiger partial charge in [-0.1, -0.05) is 48.5 Å². The van der Waals surface area contributed by atoms with E-state index in [0.29, 0.717) is 6.54 Å². The lowest BCUT2D eigenvalue weighted by Gasteiger charge is -2.46. The largest absolute Gasteiger partial charge is 0.468 e. The third kappa shape index (κ3) is 3.59. The zero-order valence-corrected chi connectivity index (χ0v) is 19.6. The molecule has 0 unspecified atom stereocenters. The number of aromatic nitrogens is 1. The van der Waals surface area contributed by atoms with E-state index >= 15 is 0 Å². The van der Waals surface area contributed by atoms with Crippen LogP contribution < -0.4 is 0 Å². The van der Waals surface area contributed by atoms with Crippen LogP contribution in [0, 0.1) is 0 Å². The molecule has 0 saturated heterocycles. The number of benzene rings is 2. The predicted octanol–water partition coefficient (Wildman–Crippen LogP) is 4.42. The van der Waals surface area contributed by atoms with Crippen molar-refractivity contribution in [3.8, 4) is 0 Å². The van der Waals surface area contributed by atoms with Crippen molar-refractivity contribution in [2.75, 3.05) is 14.2 Å². The molecule has 1 aliphatic heterocycles. The Morgan fingerprint density at radius 1 is 1.03 bits per heavy atom. The summed E-state index contributed by atoms with van der Waals surface area (Å²) in [5.41, 5.74) is 5.39. The quantitative estimate of drug-likeness (QED) is 0.420. The van der Waals surface area contributed by atoms with Gasteiger partial charge in [0.1, 0.15) is 5.92 Å². The predicted molar refractivity (Wildman–Crippen MR) is 130 cm³/mol. The molecule has 1 aliphatic carbocycles. The monoisotopic (exact) mass is 456 g/mol. The molecule has 1 aromatic heterocycles. The molecule has 0 amide bonds. The lowest BCUT2D eigenvalue weighted by atomic mass is 9.70. The summed E-state index contributed by atoms with van der Waals surface area (Å²) < 4.78 is 12.4. The first-order chi connectivity index (χ1) is 16.5. The van der Waals surface area contributed by atoms with Gasteiger partial charge >= 0.3 is 11.9 Å². The smallest absolute Gasteiger partial charge is 0.330 e. The van der Waals surface area contributed by atoms with Gasteiger partial charge < -0.3 is 18.9 Å². The van der Waals surface area contributed by atoms with Gasteiger partial charge in [0, 0.05) is 54.4 Å². The van der Waals surface area contributed by atoms with E-state index in [-0.39, 0.29) is 17.9 Å². The minimum absolute atomic E-state index is 0.0474. The van der Waals surface area contributed by atoms with Crippen LogP contribution >= 0.6 is 0 Å². The highest BCUT2D eigenvalue weighted by Gasteiger charge is 2.47. The van der Waals surface area contributed by atoms with Crippen LogP contribution in [-0.2, 0) is 32.7 Å². The van der Waals surface area contributed by atoms with Crippen molar-refractivity contribution in [2.24, 2.45) is 7.05 Å². The van der Waals surface area contributed by atoms with Crippen molar-refractivity contribution in [3.05, 3.63) is 95.3 Å². The number of para-hydroxylation sites is 1. The summed E-state index contributed by atoms with van der Waals surface area (Å²) in [6.45, 7) is 0.654. The molecule has 0 fully saturated rings. The molecule has 2 aromatic carbocycles. The van der Waals surface area contributed by atoms with Gasteiger partial charge in [0.15, 0.2) is 0 Å². The number of methoxy groups -OCH3 is 2. The number of hydrogen-bond donors (Lipinski definition) is 0. The van der Waals surface area contributed by atoms with E-state index < -0.39 is 11.9 Å². The van der Waals surface area contributed by atoms with E-state index in [1.807, 2.05) is 43.5 Å². The van der Waals surface area contributed by atoms with Gasteiger partial charge in [-0.25, -0.2) is 4.79 Å². The number of carbonyl (C=O) groups is 2. The standard InChI is InChI=1S/C28H28N2O4/c1-29-22-12-8-7-11-20(22)25-26(28(32)34-3)23-15-21(27(25)29)19(13-14-24(31)33-2)17-30(23)16-18-9-5-4-6-10-18/h4-14,17,21,23,26H,15-16H2,1-3H3/b14-13+/t21-,23-,26-/m1/s1. The van der Waals surface area contributed by atoms with E-state index in [1.165, 1.54) is 20.3 Å². The highest BCUT2D eigenvalue weighted by Crippen LogP contribution is 2.51. The van der Waals surface area contributed by atoms with Crippen LogP contribution in [0.1, 0.15) is 35.1 Å². The number of nitrogens with zero attached hydrogens (tertiary/aromatic N) is 2. The molecule has 5 rings (SSSR count). The van der Waals surface area contributed by atoms with E-state index in [9.17, 15) is 9.59 Å². The van der Waals surface area contributed by atoms with E-state index in [2.05, 4.69) is 39.9 Å². The Kier molecular flexibility index (Phi) is 5.74. The number of esters is 2. The highest BCUT2D eigenvalue weighted by atomic mass is 16.5. The molecule has 0 radical (unpaired) electrons. The number of carbonyl (C=O) groups excluding carboxylic acids is 2. The second-order valence-electron chi connectivity index (χ2n) is 8.88. The number of rotatable bonds is 5. The number of ether oxygens (including phenoxy) is 2. The maximum atomic E-state index is 13.3. The van der Waals surface area contributed by atoms with Crippen LogP contribution in [0.4, 0.5) is 0 Å². The van der Waals surface area contributed by atoms with Crippen LogP contribution in [0.3, 0.4) is 0 Å². The number of hydrogen-bond acceptors (Lipinski definition) is 5. The molecule has 2 bridgehead atoms. The Balaban J connectivity index is 1.71.